The Kier molecular flexibility index (Phi) is 5.87. The van der Waals surface area contributed by atoms with Crippen molar-refractivity contribution in [1.82, 2.24) is 4.98 Å². The summed E-state index contributed by atoms with van der Waals surface area (Å²) in [7, 11) is 0. The monoisotopic (exact) mass is 391 g/mol. The maximum atomic E-state index is 12.7. The average molecular weight is 391 g/mol. The topological polar surface area (TPSA) is 111 Å². The van der Waals surface area contributed by atoms with E-state index < -0.39 is 24.4 Å². The van der Waals surface area contributed by atoms with E-state index in [2.05, 4.69) is 10.3 Å². The Morgan fingerprint density at radius 1 is 1.07 bits per heavy atom. The molecule has 0 radical (unpaired) electrons. The van der Waals surface area contributed by atoms with Crippen LogP contribution in [0.3, 0.4) is 0 Å². The van der Waals surface area contributed by atoms with Crippen molar-refractivity contribution in [3.8, 4) is 0 Å². The van der Waals surface area contributed by atoms with Gasteiger partial charge in [0, 0.05) is 16.6 Å². The highest BCUT2D eigenvalue weighted by atomic mass is 16.5. The highest BCUT2D eigenvalue weighted by molar-refractivity contribution is 6.00. The van der Waals surface area contributed by atoms with Gasteiger partial charge in [-0.1, -0.05) is 25.1 Å². The SMILES string of the molecule is CCc1nc2ccccc2c(C)c1C(=O)OCC(=O)Nc1ccc(C(N)=O)cc1. The molecule has 2 amide bonds. The van der Waals surface area contributed by atoms with E-state index in [0.717, 1.165) is 16.5 Å². The Morgan fingerprint density at radius 3 is 2.41 bits per heavy atom. The highest BCUT2D eigenvalue weighted by Crippen LogP contribution is 2.24. The van der Waals surface area contributed by atoms with Crippen molar-refractivity contribution in [1.29, 1.82) is 0 Å². The number of amides is 2. The zero-order chi connectivity index (χ0) is 21.0. The zero-order valence-electron chi connectivity index (χ0n) is 16.2. The molecular formula is C22H21N3O4. The molecule has 0 atom stereocenters. The van der Waals surface area contributed by atoms with Crippen LogP contribution in [0.25, 0.3) is 10.9 Å². The first-order valence-electron chi connectivity index (χ1n) is 9.15. The number of fused-ring (bicyclic) bond motifs is 1. The summed E-state index contributed by atoms with van der Waals surface area (Å²) in [6.45, 7) is 3.32. The Balaban J connectivity index is 1.71. The number of pyridine rings is 1. The number of para-hydroxylation sites is 1. The summed E-state index contributed by atoms with van der Waals surface area (Å²) in [6.07, 6.45) is 0.564. The Hall–Kier alpha value is -3.74. The van der Waals surface area contributed by atoms with E-state index in [1.54, 1.807) is 12.1 Å². The summed E-state index contributed by atoms with van der Waals surface area (Å²) in [4.78, 5) is 40.4. The molecule has 3 N–H and O–H groups in total. The van der Waals surface area contributed by atoms with Gasteiger partial charge in [-0.3, -0.25) is 14.6 Å². The molecule has 0 saturated carbocycles. The van der Waals surface area contributed by atoms with E-state index in [-0.39, 0.29) is 0 Å². The van der Waals surface area contributed by atoms with Crippen LogP contribution in [0.1, 0.15) is 38.9 Å². The van der Waals surface area contributed by atoms with E-state index in [9.17, 15) is 14.4 Å². The molecule has 0 saturated heterocycles. The van der Waals surface area contributed by atoms with Crippen LogP contribution in [0, 0.1) is 6.92 Å². The molecule has 2 aromatic carbocycles. The van der Waals surface area contributed by atoms with Crippen LogP contribution in [0.2, 0.25) is 0 Å². The fraction of sp³-hybridized carbons (Fsp3) is 0.182. The van der Waals surface area contributed by atoms with Crippen molar-refractivity contribution < 1.29 is 19.1 Å². The highest BCUT2D eigenvalue weighted by Gasteiger charge is 2.20. The van der Waals surface area contributed by atoms with Crippen LogP contribution in [-0.2, 0) is 16.0 Å². The first kappa shape index (κ1) is 20.0. The van der Waals surface area contributed by atoms with E-state index >= 15 is 0 Å². The standard InChI is InChI=1S/C22H21N3O4/c1-3-17-20(13(2)16-6-4-5-7-18(16)25-17)22(28)29-12-19(26)24-15-10-8-14(9-11-15)21(23)27/h4-11H,3,12H2,1-2H3,(H2,23,27)(H,24,26). The average Bonchev–Trinajstić information content (AvgIpc) is 2.72. The lowest BCUT2D eigenvalue weighted by Crippen LogP contribution is -2.22. The van der Waals surface area contributed by atoms with Gasteiger partial charge < -0.3 is 15.8 Å². The van der Waals surface area contributed by atoms with Gasteiger partial charge in [0.1, 0.15) is 0 Å². The Morgan fingerprint density at radius 2 is 1.76 bits per heavy atom. The van der Waals surface area contributed by atoms with Crippen LogP contribution in [-0.4, -0.2) is 29.4 Å². The molecule has 0 aliphatic carbocycles. The van der Waals surface area contributed by atoms with Gasteiger partial charge in [-0.25, -0.2) is 4.79 Å². The lowest BCUT2D eigenvalue weighted by Gasteiger charge is -2.13. The van der Waals surface area contributed by atoms with Crippen molar-refractivity contribution in [3.63, 3.8) is 0 Å². The normalized spacial score (nSPS) is 10.6. The minimum Gasteiger partial charge on any atom is -0.452 e. The number of nitrogens with two attached hydrogens (primary N) is 1. The number of primary amides is 1. The molecule has 0 bridgehead atoms. The smallest absolute Gasteiger partial charge is 0.340 e. The second-order valence-corrected chi connectivity index (χ2v) is 6.50. The Bertz CT molecular complexity index is 1090. The Labute approximate surface area is 167 Å². The van der Waals surface area contributed by atoms with Gasteiger partial charge in [0.15, 0.2) is 6.61 Å². The van der Waals surface area contributed by atoms with Crippen LogP contribution in [0.5, 0.6) is 0 Å². The zero-order valence-corrected chi connectivity index (χ0v) is 16.2. The van der Waals surface area contributed by atoms with E-state index in [0.29, 0.717) is 28.9 Å². The lowest BCUT2D eigenvalue weighted by atomic mass is 10.0. The van der Waals surface area contributed by atoms with E-state index in [4.69, 9.17) is 10.5 Å². The number of rotatable bonds is 6. The van der Waals surface area contributed by atoms with Gasteiger partial charge in [0.2, 0.25) is 5.91 Å². The number of aryl methyl sites for hydroxylation is 2. The van der Waals surface area contributed by atoms with Crippen molar-refractivity contribution in [2.75, 3.05) is 11.9 Å². The molecule has 148 valence electrons. The van der Waals surface area contributed by atoms with Gasteiger partial charge in [-0.15, -0.1) is 0 Å². The molecule has 3 rings (SSSR count). The van der Waals surface area contributed by atoms with Crippen LogP contribution < -0.4 is 11.1 Å². The second kappa shape index (κ2) is 8.52. The molecule has 0 aliphatic heterocycles. The van der Waals surface area contributed by atoms with Crippen LogP contribution in [0.15, 0.2) is 48.5 Å². The summed E-state index contributed by atoms with van der Waals surface area (Å²) < 4.78 is 5.23. The molecule has 29 heavy (non-hydrogen) atoms. The number of esters is 1. The molecule has 0 aliphatic rings. The second-order valence-electron chi connectivity index (χ2n) is 6.50. The van der Waals surface area contributed by atoms with Crippen molar-refractivity contribution in [2.45, 2.75) is 20.3 Å². The van der Waals surface area contributed by atoms with Crippen molar-refractivity contribution in [2.24, 2.45) is 5.73 Å². The first-order valence-corrected chi connectivity index (χ1v) is 9.15. The molecule has 0 fully saturated rings. The number of hydrogen-bond acceptors (Lipinski definition) is 5. The number of ether oxygens (including phenoxy) is 1. The summed E-state index contributed by atoms with van der Waals surface area (Å²) in [6, 6.07) is 13.7. The third kappa shape index (κ3) is 4.40. The van der Waals surface area contributed by atoms with E-state index in [1.165, 1.54) is 12.1 Å². The fourth-order valence-corrected chi connectivity index (χ4v) is 3.09. The van der Waals surface area contributed by atoms with Gasteiger partial charge >= 0.3 is 5.97 Å². The van der Waals surface area contributed by atoms with Gasteiger partial charge in [-0.05, 0) is 49.2 Å². The molecular weight excluding hydrogens is 370 g/mol. The van der Waals surface area contributed by atoms with Gasteiger partial charge in [-0.2, -0.15) is 0 Å². The summed E-state index contributed by atoms with van der Waals surface area (Å²) in [5.74, 6) is -1.63. The number of carbonyl (C=O) groups excluding carboxylic acids is 3. The maximum absolute atomic E-state index is 12.7. The summed E-state index contributed by atoms with van der Waals surface area (Å²) in [5, 5.41) is 3.47. The number of nitrogens with one attached hydrogen (secondary N) is 1. The summed E-state index contributed by atoms with van der Waals surface area (Å²) in [5.41, 5.74) is 8.60. The largest absolute Gasteiger partial charge is 0.452 e. The lowest BCUT2D eigenvalue weighted by molar-refractivity contribution is -0.119. The molecule has 1 heterocycles. The molecule has 7 heteroatoms. The number of carbonyl (C=O) groups is 3. The van der Waals surface area contributed by atoms with Crippen LogP contribution >= 0.6 is 0 Å². The van der Waals surface area contributed by atoms with E-state index in [1.807, 2.05) is 38.1 Å². The number of aromatic nitrogens is 1. The van der Waals surface area contributed by atoms with Crippen molar-refractivity contribution in [3.05, 3.63) is 70.9 Å². The number of hydrogen-bond donors (Lipinski definition) is 2. The van der Waals surface area contributed by atoms with Gasteiger partial charge in [0.05, 0.1) is 16.8 Å². The molecule has 0 unspecified atom stereocenters. The fourth-order valence-electron chi connectivity index (χ4n) is 3.09. The summed E-state index contributed by atoms with van der Waals surface area (Å²) >= 11 is 0. The van der Waals surface area contributed by atoms with Crippen molar-refractivity contribution >= 4 is 34.4 Å². The minimum absolute atomic E-state index is 0.334. The van der Waals surface area contributed by atoms with Crippen LogP contribution in [0.4, 0.5) is 5.69 Å². The molecule has 3 aromatic rings. The first-order chi connectivity index (χ1) is 13.9. The third-order valence-corrected chi connectivity index (χ3v) is 4.55. The number of nitrogens with zero attached hydrogens (tertiary/aromatic N) is 1. The predicted molar refractivity (Wildman–Crippen MR) is 110 cm³/mol. The minimum atomic E-state index is -0.586. The molecule has 0 spiro atoms. The number of anilines is 1. The maximum Gasteiger partial charge on any atom is 0.340 e. The third-order valence-electron chi connectivity index (χ3n) is 4.55. The molecule has 7 nitrogen and oxygen atoms in total. The number of benzene rings is 2. The predicted octanol–water partition coefficient (Wildman–Crippen LogP) is 3.00. The quantitative estimate of drug-likeness (QED) is 0.628. The van der Waals surface area contributed by atoms with Gasteiger partial charge in [0.25, 0.3) is 5.91 Å². The molecule has 1 aromatic heterocycles.